The van der Waals surface area contributed by atoms with Crippen molar-refractivity contribution < 1.29 is 13.2 Å². The fourth-order valence-electron chi connectivity index (χ4n) is 2.55. The number of aliphatic imine (C=N–C) groups is 1. The molecule has 1 aromatic rings. The molecule has 1 unspecified atom stereocenters. The van der Waals surface area contributed by atoms with Crippen molar-refractivity contribution in [3.8, 4) is 0 Å². The van der Waals surface area contributed by atoms with Gasteiger partial charge in [0.05, 0.1) is 25.0 Å². The number of rotatable bonds is 7. The Balaban J connectivity index is 1.91. The van der Waals surface area contributed by atoms with Gasteiger partial charge in [0.2, 0.25) is 0 Å². The summed E-state index contributed by atoms with van der Waals surface area (Å²) in [7, 11) is -1.29. The predicted molar refractivity (Wildman–Crippen MR) is 98.5 cm³/mol. The summed E-state index contributed by atoms with van der Waals surface area (Å²) < 4.78 is 27.9. The highest BCUT2D eigenvalue weighted by molar-refractivity contribution is 7.90. The van der Waals surface area contributed by atoms with Gasteiger partial charge in [-0.05, 0) is 11.4 Å². The van der Waals surface area contributed by atoms with E-state index in [2.05, 4.69) is 38.0 Å². The molecule has 2 rings (SSSR count). The Morgan fingerprint density at radius 2 is 2.17 bits per heavy atom. The summed E-state index contributed by atoms with van der Waals surface area (Å²) >= 11 is 1.74. The van der Waals surface area contributed by atoms with E-state index in [1.165, 1.54) is 11.1 Å². The summed E-state index contributed by atoms with van der Waals surface area (Å²) in [5.74, 6) is 0.708. The van der Waals surface area contributed by atoms with E-state index < -0.39 is 9.84 Å². The van der Waals surface area contributed by atoms with Crippen LogP contribution in [0.3, 0.4) is 0 Å². The van der Waals surface area contributed by atoms with Gasteiger partial charge in [-0.1, -0.05) is 6.07 Å². The van der Waals surface area contributed by atoms with E-state index in [-0.39, 0.29) is 11.8 Å². The molecule has 7 nitrogen and oxygen atoms in total. The molecule has 0 aromatic carbocycles. The van der Waals surface area contributed by atoms with Gasteiger partial charge in [0.25, 0.3) is 0 Å². The molecule has 1 fully saturated rings. The molecule has 9 heteroatoms. The Kier molecular flexibility index (Phi) is 7.47. The maximum absolute atomic E-state index is 11.2. The first kappa shape index (κ1) is 19.2. The molecule has 1 atom stereocenters. The Bertz CT molecular complexity index is 611. The third-order valence-corrected chi connectivity index (χ3v) is 5.73. The SMILES string of the molecule is CN=C(NCCS(C)(=O)=O)NCC(c1cccs1)N1CCOCC1. The molecule has 0 aliphatic carbocycles. The minimum absolute atomic E-state index is 0.0888. The number of nitrogens with zero attached hydrogens (tertiary/aromatic N) is 2. The molecule has 0 bridgehead atoms. The first-order valence-corrected chi connectivity index (χ1v) is 10.9. The zero-order chi connectivity index (χ0) is 17.4. The van der Waals surface area contributed by atoms with Crippen molar-refractivity contribution in [2.45, 2.75) is 6.04 Å². The van der Waals surface area contributed by atoms with Crippen LogP contribution in [0.1, 0.15) is 10.9 Å². The number of hydrogen-bond donors (Lipinski definition) is 2. The Morgan fingerprint density at radius 1 is 1.42 bits per heavy atom. The van der Waals surface area contributed by atoms with Gasteiger partial charge in [-0.25, -0.2) is 8.42 Å². The second kappa shape index (κ2) is 9.36. The summed E-state index contributed by atoms with van der Waals surface area (Å²) in [6, 6.07) is 4.46. The van der Waals surface area contributed by atoms with Crippen LogP contribution in [0, 0.1) is 0 Å². The molecule has 0 spiro atoms. The van der Waals surface area contributed by atoms with Crippen molar-refractivity contribution in [1.29, 1.82) is 0 Å². The lowest BCUT2D eigenvalue weighted by molar-refractivity contribution is 0.0177. The quantitative estimate of drug-likeness (QED) is 0.529. The zero-order valence-corrected chi connectivity index (χ0v) is 15.8. The minimum atomic E-state index is -2.98. The smallest absolute Gasteiger partial charge is 0.191 e. The fourth-order valence-corrected chi connectivity index (χ4v) is 3.88. The number of hydrogen-bond acceptors (Lipinski definition) is 6. The van der Waals surface area contributed by atoms with Crippen LogP contribution in [0.2, 0.25) is 0 Å². The number of thiophene rings is 1. The molecule has 1 aromatic heterocycles. The van der Waals surface area contributed by atoms with Crippen LogP contribution < -0.4 is 10.6 Å². The number of sulfone groups is 1. The predicted octanol–water partition coefficient (Wildman–Crippen LogP) is 0.331. The zero-order valence-electron chi connectivity index (χ0n) is 14.2. The van der Waals surface area contributed by atoms with Crippen LogP contribution in [0.25, 0.3) is 0 Å². The van der Waals surface area contributed by atoms with Gasteiger partial charge in [0.1, 0.15) is 9.84 Å². The Hall–Kier alpha value is -1.16. The van der Waals surface area contributed by atoms with E-state index in [0.717, 1.165) is 26.3 Å². The second-order valence-electron chi connectivity index (χ2n) is 5.69. The van der Waals surface area contributed by atoms with Crippen LogP contribution in [0.4, 0.5) is 0 Å². The molecule has 136 valence electrons. The molecule has 24 heavy (non-hydrogen) atoms. The molecule has 2 N–H and O–H groups in total. The van der Waals surface area contributed by atoms with E-state index in [4.69, 9.17) is 4.74 Å². The van der Waals surface area contributed by atoms with Crippen molar-refractivity contribution in [2.24, 2.45) is 4.99 Å². The van der Waals surface area contributed by atoms with E-state index >= 15 is 0 Å². The third-order valence-electron chi connectivity index (χ3n) is 3.81. The average molecular weight is 375 g/mol. The number of ether oxygens (including phenoxy) is 1. The van der Waals surface area contributed by atoms with Crippen molar-refractivity contribution in [3.05, 3.63) is 22.4 Å². The van der Waals surface area contributed by atoms with E-state index in [1.807, 2.05) is 0 Å². The van der Waals surface area contributed by atoms with Crippen molar-refractivity contribution in [3.63, 3.8) is 0 Å². The van der Waals surface area contributed by atoms with Gasteiger partial charge in [0.15, 0.2) is 5.96 Å². The van der Waals surface area contributed by atoms with Crippen LogP contribution in [-0.2, 0) is 14.6 Å². The van der Waals surface area contributed by atoms with Crippen molar-refractivity contribution in [1.82, 2.24) is 15.5 Å². The first-order valence-electron chi connectivity index (χ1n) is 7.97. The number of nitrogens with one attached hydrogen (secondary N) is 2. The number of morpholine rings is 1. The van der Waals surface area contributed by atoms with Gasteiger partial charge < -0.3 is 15.4 Å². The normalized spacial score (nSPS) is 18.3. The van der Waals surface area contributed by atoms with Crippen molar-refractivity contribution in [2.75, 3.05) is 58.4 Å². The highest BCUT2D eigenvalue weighted by atomic mass is 32.2. The van der Waals surface area contributed by atoms with Gasteiger partial charge in [-0.15, -0.1) is 11.3 Å². The van der Waals surface area contributed by atoms with Crippen LogP contribution in [-0.4, -0.2) is 77.7 Å². The molecular formula is C15H26N4O3S2. The maximum Gasteiger partial charge on any atom is 0.191 e. The molecule has 2 heterocycles. The highest BCUT2D eigenvalue weighted by Gasteiger charge is 2.23. The highest BCUT2D eigenvalue weighted by Crippen LogP contribution is 2.25. The van der Waals surface area contributed by atoms with Crippen LogP contribution in [0.5, 0.6) is 0 Å². The monoisotopic (exact) mass is 374 g/mol. The largest absolute Gasteiger partial charge is 0.379 e. The number of guanidine groups is 1. The molecule has 1 aliphatic rings. The summed E-state index contributed by atoms with van der Waals surface area (Å²) in [4.78, 5) is 7.88. The molecule has 0 radical (unpaired) electrons. The fraction of sp³-hybridized carbons (Fsp3) is 0.667. The maximum atomic E-state index is 11.2. The molecule has 0 saturated carbocycles. The Morgan fingerprint density at radius 3 is 2.75 bits per heavy atom. The first-order chi connectivity index (χ1) is 11.5. The van der Waals surface area contributed by atoms with E-state index in [1.54, 1.807) is 18.4 Å². The van der Waals surface area contributed by atoms with E-state index in [0.29, 0.717) is 19.0 Å². The molecular weight excluding hydrogens is 348 g/mol. The Labute approximate surface area is 148 Å². The summed E-state index contributed by atoms with van der Waals surface area (Å²) in [5.41, 5.74) is 0. The van der Waals surface area contributed by atoms with Crippen LogP contribution >= 0.6 is 11.3 Å². The van der Waals surface area contributed by atoms with Gasteiger partial charge in [-0.2, -0.15) is 0 Å². The molecule has 0 amide bonds. The lowest BCUT2D eigenvalue weighted by atomic mass is 10.2. The van der Waals surface area contributed by atoms with Gasteiger partial charge in [0, 0.05) is 44.4 Å². The van der Waals surface area contributed by atoms with Gasteiger partial charge >= 0.3 is 0 Å². The summed E-state index contributed by atoms with van der Waals surface area (Å²) in [5, 5.41) is 8.44. The minimum Gasteiger partial charge on any atom is -0.379 e. The second-order valence-corrected chi connectivity index (χ2v) is 8.93. The van der Waals surface area contributed by atoms with Crippen LogP contribution in [0.15, 0.2) is 22.5 Å². The van der Waals surface area contributed by atoms with Gasteiger partial charge in [-0.3, -0.25) is 9.89 Å². The lowest BCUT2D eigenvalue weighted by Crippen LogP contribution is -2.46. The lowest BCUT2D eigenvalue weighted by Gasteiger charge is -2.34. The molecule has 1 saturated heterocycles. The third kappa shape index (κ3) is 6.39. The topological polar surface area (TPSA) is 83.0 Å². The van der Waals surface area contributed by atoms with Crippen molar-refractivity contribution >= 4 is 27.1 Å². The summed E-state index contributed by atoms with van der Waals surface area (Å²) in [6.45, 7) is 4.37. The standard InChI is InChI=1S/C15H26N4O3S2/c1-16-15(17-5-11-24(2,20)21)18-12-13(14-4-3-10-23-14)19-6-8-22-9-7-19/h3-4,10,13H,5-9,11-12H2,1-2H3,(H2,16,17,18). The van der Waals surface area contributed by atoms with E-state index in [9.17, 15) is 8.42 Å². The summed E-state index contributed by atoms with van der Waals surface area (Å²) in [6.07, 6.45) is 1.23. The average Bonchev–Trinajstić information content (AvgIpc) is 3.07. The molecule has 1 aliphatic heterocycles.